The Morgan fingerprint density at radius 2 is 1.63 bits per heavy atom. The van der Waals surface area contributed by atoms with Crippen molar-refractivity contribution in [2.24, 2.45) is 0 Å². The molecule has 0 aromatic heterocycles. The van der Waals surface area contributed by atoms with Gasteiger partial charge in [0.2, 0.25) is 11.8 Å². The monoisotopic (exact) mass is 387 g/mol. The van der Waals surface area contributed by atoms with Crippen LogP contribution in [0.4, 0.5) is 11.4 Å². The van der Waals surface area contributed by atoms with Gasteiger partial charge in [-0.15, -0.1) is 0 Å². The molecule has 2 N–H and O–H groups in total. The molecule has 2 aromatic carbocycles. The average molecular weight is 388 g/mol. The van der Waals surface area contributed by atoms with Gasteiger partial charge in [0.25, 0.3) is 0 Å². The lowest BCUT2D eigenvalue weighted by atomic mass is 9.98. The highest BCUT2D eigenvalue weighted by Crippen LogP contribution is 2.27. The second kappa shape index (κ2) is 9.53. The first-order valence-corrected chi connectivity index (χ1v) is 9.28. The summed E-state index contributed by atoms with van der Waals surface area (Å²) in [6.45, 7) is 6.36. The lowest BCUT2D eigenvalue weighted by Gasteiger charge is -2.19. The molecule has 0 unspecified atom stereocenters. The SMILES string of the molecule is Cc1cccc(C(C)C)c1NC(=O)CN(C)CC(=O)Nc1ccccc1Cl. The van der Waals surface area contributed by atoms with Crippen LogP contribution >= 0.6 is 11.6 Å². The molecule has 144 valence electrons. The number of carbonyl (C=O) groups is 2. The summed E-state index contributed by atoms with van der Waals surface area (Å²) in [5.74, 6) is -0.0734. The zero-order chi connectivity index (χ0) is 20.0. The van der Waals surface area contributed by atoms with Gasteiger partial charge in [-0.3, -0.25) is 14.5 Å². The summed E-state index contributed by atoms with van der Waals surface area (Å²) in [5, 5.41) is 6.22. The van der Waals surface area contributed by atoms with E-state index in [0.29, 0.717) is 16.6 Å². The zero-order valence-electron chi connectivity index (χ0n) is 16.2. The number of hydrogen-bond donors (Lipinski definition) is 2. The third kappa shape index (κ3) is 6.08. The second-order valence-corrected chi connectivity index (χ2v) is 7.35. The molecule has 5 nitrogen and oxygen atoms in total. The molecule has 0 aliphatic heterocycles. The summed E-state index contributed by atoms with van der Waals surface area (Å²) in [5.41, 5.74) is 3.53. The van der Waals surface area contributed by atoms with E-state index >= 15 is 0 Å². The van der Waals surface area contributed by atoms with E-state index in [1.54, 1.807) is 36.2 Å². The van der Waals surface area contributed by atoms with Gasteiger partial charge in [-0.1, -0.05) is 55.8 Å². The molecule has 0 saturated heterocycles. The predicted molar refractivity (Wildman–Crippen MR) is 111 cm³/mol. The first-order chi connectivity index (χ1) is 12.8. The minimum atomic E-state index is -0.225. The largest absolute Gasteiger partial charge is 0.324 e. The van der Waals surface area contributed by atoms with E-state index < -0.39 is 0 Å². The number of rotatable bonds is 7. The number of halogens is 1. The average Bonchev–Trinajstić information content (AvgIpc) is 2.58. The number of amides is 2. The molecule has 27 heavy (non-hydrogen) atoms. The van der Waals surface area contributed by atoms with Crippen molar-refractivity contribution in [2.45, 2.75) is 26.7 Å². The lowest BCUT2D eigenvalue weighted by molar-refractivity contribution is -0.119. The summed E-state index contributed by atoms with van der Waals surface area (Å²) in [6, 6.07) is 13.0. The molecular weight excluding hydrogens is 362 g/mol. The highest BCUT2D eigenvalue weighted by Gasteiger charge is 2.15. The molecule has 0 radical (unpaired) electrons. The Kier molecular flexibility index (Phi) is 7.39. The molecular formula is C21H26ClN3O2. The van der Waals surface area contributed by atoms with Crippen molar-refractivity contribution in [3.8, 4) is 0 Å². The van der Waals surface area contributed by atoms with Crippen LogP contribution in [0.25, 0.3) is 0 Å². The standard InChI is InChI=1S/C21H26ClN3O2/c1-14(2)16-9-7-8-15(3)21(16)24-20(27)13-25(4)12-19(26)23-18-11-6-5-10-17(18)22/h5-11,14H,12-13H2,1-4H3,(H,23,26)(H,24,27). The molecule has 0 heterocycles. The van der Waals surface area contributed by atoms with Crippen LogP contribution in [0.3, 0.4) is 0 Å². The fourth-order valence-corrected chi connectivity index (χ4v) is 3.00. The number of anilines is 2. The molecule has 6 heteroatoms. The van der Waals surface area contributed by atoms with Crippen LogP contribution in [-0.2, 0) is 9.59 Å². The van der Waals surface area contributed by atoms with E-state index in [2.05, 4.69) is 24.5 Å². The Morgan fingerprint density at radius 3 is 2.26 bits per heavy atom. The molecule has 0 atom stereocenters. The van der Waals surface area contributed by atoms with Crippen molar-refractivity contribution < 1.29 is 9.59 Å². The van der Waals surface area contributed by atoms with E-state index in [0.717, 1.165) is 16.8 Å². The van der Waals surface area contributed by atoms with Gasteiger partial charge in [0.15, 0.2) is 0 Å². The highest BCUT2D eigenvalue weighted by atomic mass is 35.5. The fraction of sp³-hybridized carbons (Fsp3) is 0.333. The fourth-order valence-electron chi connectivity index (χ4n) is 2.82. The van der Waals surface area contributed by atoms with E-state index in [4.69, 9.17) is 11.6 Å². The van der Waals surface area contributed by atoms with Crippen LogP contribution in [0.5, 0.6) is 0 Å². The van der Waals surface area contributed by atoms with Gasteiger partial charge in [-0.2, -0.15) is 0 Å². The molecule has 0 spiro atoms. The van der Waals surface area contributed by atoms with Crippen LogP contribution in [0, 0.1) is 6.92 Å². The topological polar surface area (TPSA) is 61.4 Å². The van der Waals surface area contributed by atoms with E-state index in [-0.39, 0.29) is 24.9 Å². The highest BCUT2D eigenvalue weighted by molar-refractivity contribution is 6.33. The van der Waals surface area contributed by atoms with Gasteiger partial charge in [0.05, 0.1) is 23.8 Å². The van der Waals surface area contributed by atoms with Gasteiger partial charge < -0.3 is 10.6 Å². The van der Waals surface area contributed by atoms with Crippen molar-refractivity contribution in [1.29, 1.82) is 0 Å². The van der Waals surface area contributed by atoms with Crippen molar-refractivity contribution in [2.75, 3.05) is 30.8 Å². The Bertz CT molecular complexity index is 821. The third-order valence-electron chi connectivity index (χ3n) is 4.17. The minimum Gasteiger partial charge on any atom is -0.324 e. The van der Waals surface area contributed by atoms with Crippen LogP contribution in [0.2, 0.25) is 5.02 Å². The Hall–Kier alpha value is -2.37. The Labute approximate surface area is 165 Å². The van der Waals surface area contributed by atoms with Gasteiger partial charge in [-0.25, -0.2) is 0 Å². The van der Waals surface area contributed by atoms with Crippen LogP contribution in [-0.4, -0.2) is 36.9 Å². The molecule has 2 aromatic rings. The summed E-state index contributed by atoms with van der Waals surface area (Å²) in [4.78, 5) is 26.3. The first-order valence-electron chi connectivity index (χ1n) is 8.90. The van der Waals surface area contributed by atoms with Crippen molar-refractivity contribution in [3.05, 3.63) is 58.6 Å². The van der Waals surface area contributed by atoms with Crippen molar-refractivity contribution >= 4 is 34.8 Å². The van der Waals surface area contributed by atoms with E-state index in [1.165, 1.54) is 0 Å². The summed E-state index contributed by atoms with van der Waals surface area (Å²) >= 11 is 6.04. The molecule has 0 fully saturated rings. The number of hydrogen-bond acceptors (Lipinski definition) is 3. The quantitative estimate of drug-likeness (QED) is 0.745. The first kappa shape index (κ1) is 20.9. The van der Waals surface area contributed by atoms with Gasteiger partial charge >= 0.3 is 0 Å². The maximum Gasteiger partial charge on any atom is 0.238 e. The number of nitrogens with one attached hydrogen (secondary N) is 2. The molecule has 2 amide bonds. The Balaban J connectivity index is 1.93. The van der Waals surface area contributed by atoms with Gasteiger partial charge in [0, 0.05) is 5.69 Å². The lowest BCUT2D eigenvalue weighted by Crippen LogP contribution is -2.36. The van der Waals surface area contributed by atoms with Crippen LogP contribution in [0.15, 0.2) is 42.5 Å². The van der Waals surface area contributed by atoms with E-state index in [1.807, 2.05) is 25.1 Å². The maximum atomic E-state index is 12.4. The summed E-state index contributed by atoms with van der Waals surface area (Å²) < 4.78 is 0. The predicted octanol–water partition coefficient (Wildman–Crippen LogP) is 4.28. The molecule has 0 aliphatic rings. The Morgan fingerprint density at radius 1 is 1.00 bits per heavy atom. The number of carbonyl (C=O) groups excluding carboxylic acids is 2. The van der Waals surface area contributed by atoms with Crippen LogP contribution in [0.1, 0.15) is 30.9 Å². The molecule has 2 rings (SSSR count). The summed E-state index contributed by atoms with van der Waals surface area (Å²) in [7, 11) is 1.73. The third-order valence-corrected chi connectivity index (χ3v) is 4.50. The number of benzene rings is 2. The zero-order valence-corrected chi connectivity index (χ0v) is 16.9. The summed E-state index contributed by atoms with van der Waals surface area (Å²) in [6.07, 6.45) is 0. The minimum absolute atomic E-state index is 0.0868. The second-order valence-electron chi connectivity index (χ2n) is 6.94. The van der Waals surface area contributed by atoms with Crippen molar-refractivity contribution in [3.63, 3.8) is 0 Å². The maximum absolute atomic E-state index is 12.4. The van der Waals surface area contributed by atoms with Gasteiger partial charge in [0.1, 0.15) is 0 Å². The van der Waals surface area contributed by atoms with Crippen molar-refractivity contribution in [1.82, 2.24) is 4.90 Å². The number of aryl methyl sites for hydroxylation is 1. The van der Waals surface area contributed by atoms with Crippen LogP contribution < -0.4 is 10.6 Å². The number of para-hydroxylation sites is 2. The number of likely N-dealkylation sites (N-methyl/N-ethyl adjacent to an activating group) is 1. The molecule has 0 saturated carbocycles. The normalized spacial score (nSPS) is 10.9. The molecule has 0 aliphatic carbocycles. The molecule has 0 bridgehead atoms. The van der Waals surface area contributed by atoms with Gasteiger partial charge in [-0.05, 0) is 43.1 Å². The smallest absolute Gasteiger partial charge is 0.238 e. The van der Waals surface area contributed by atoms with E-state index in [9.17, 15) is 9.59 Å². The number of nitrogens with zero attached hydrogens (tertiary/aromatic N) is 1.